The van der Waals surface area contributed by atoms with Crippen LogP contribution >= 0.6 is 0 Å². The molecule has 2 rings (SSSR count). The van der Waals surface area contributed by atoms with Crippen molar-refractivity contribution in [3.8, 4) is 0 Å². The molecule has 1 aliphatic rings. The summed E-state index contributed by atoms with van der Waals surface area (Å²) in [5, 5.41) is 0. The Bertz CT molecular complexity index is 287. The van der Waals surface area contributed by atoms with Crippen molar-refractivity contribution in [2.45, 2.75) is 45.1 Å². The van der Waals surface area contributed by atoms with Gasteiger partial charge in [-0.2, -0.15) is 0 Å². The molecule has 0 amide bonds. The maximum Gasteiger partial charge on any atom is 0.0949 e. The molecule has 1 fully saturated rings. The van der Waals surface area contributed by atoms with Crippen LogP contribution < -0.4 is 5.73 Å². The summed E-state index contributed by atoms with van der Waals surface area (Å²) in [5.41, 5.74) is 6.64. The summed E-state index contributed by atoms with van der Waals surface area (Å²) in [7, 11) is 0. The second-order valence-electron chi connectivity index (χ2n) is 4.60. The van der Waals surface area contributed by atoms with E-state index in [1.165, 1.54) is 32.1 Å². The van der Waals surface area contributed by atoms with Crippen LogP contribution in [0.4, 0.5) is 0 Å². The second kappa shape index (κ2) is 5.31. The minimum atomic E-state index is 0.695. The molecule has 1 heterocycles. The van der Waals surface area contributed by atoms with E-state index < -0.39 is 0 Å². The van der Waals surface area contributed by atoms with Gasteiger partial charge in [0, 0.05) is 19.2 Å². The van der Waals surface area contributed by atoms with E-state index in [1.807, 2.05) is 6.33 Å². The molecule has 0 unspecified atom stereocenters. The first-order valence-electron chi connectivity index (χ1n) is 6.09. The Hall–Kier alpha value is -0.830. The SMILES string of the molecule is NCCc1cn(CC2CCCCC2)cn1. The van der Waals surface area contributed by atoms with Crippen molar-refractivity contribution in [1.82, 2.24) is 9.55 Å². The molecule has 1 aromatic heterocycles. The first-order chi connectivity index (χ1) is 7.38. The van der Waals surface area contributed by atoms with Gasteiger partial charge in [-0.1, -0.05) is 19.3 Å². The highest BCUT2D eigenvalue weighted by atomic mass is 15.0. The molecule has 15 heavy (non-hydrogen) atoms. The molecule has 0 saturated heterocycles. The zero-order valence-electron chi connectivity index (χ0n) is 9.36. The Morgan fingerprint density at radius 2 is 2.13 bits per heavy atom. The lowest BCUT2D eigenvalue weighted by atomic mass is 9.89. The van der Waals surface area contributed by atoms with Crippen LogP contribution in [0.1, 0.15) is 37.8 Å². The average Bonchev–Trinajstić information content (AvgIpc) is 2.68. The maximum absolute atomic E-state index is 5.50. The normalized spacial score (nSPS) is 18.2. The van der Waals surface area contributed by atoms with Gasteiger partial charge in [-0.25, -0.2) is 4.98 Å². The highest BCUT2D eigenvalue weighted by Gasteiger charge is 2.13. The Morgan fingerprint density at radius 3 is 2.87 bits per heavy atom. The molecule has 0 aromatic carbocycles. The van der Waals surface area contributed by atoms with Crippen molar-refractivity contribution < 1.29 is 0 Å². The second-order valence-corrected chi connectivity index (χ2v) is 4.60. The lowest BCUT2D eigenvalue weighted by Crippen LogP contribution is -2.13. The van der Waals surface area contributed by atoms with Crippen molar-refractivity contribution in [2.75, 3.05) is 6.54 Å². The van der Waals surface area contributed by atoms with Gasteiger partial charge >= 0.3 is 0 Å². The fourth-order valence-electron chi connectivity index (χ4n) is 2.45. The molecule has 0 spiro atoms. The Labute approximate surface area is 91.7 Å². The minimum absolute atomic E-state index is 0.695. The largest absolute Gasteiger partial charge is 0.337 e. The van der Waals surface area contributed by atoms with E-state index in [9.17, 15) is 0 Å². The van der Waals surface area contributed by atoms with E-state index >= 15 is 0 Å². The first-order valence-corrected chi connectivity index (χ1v) is 6.09. The molecular weight excluding hydrogens is 186 g/mol. The lowest BCUT2D eigenvalue weighted by molar-refractivity contribution is 0.319. The van der Waals surface area contributed by atoms with Crippen molar-refractivity contribution in [3.63, 3.8) is 0 Å². The Morgan fingerprint density at radius 1 is 1.33 bits per heavy atom. The van der Waals surface area contributed by atoms with Gasteiger partial charge in [-0.05, 0) is 25.3 Å². The smallest absolute Gasteiger partial charge is 0.0949 e. The summed E-state index contributed by atoms with van der Waals surface area (Å²) in [6, 6.07) is 0. The van der Waals surface area contributed by atoms with E-state index in [0.29, 0.717) is 6.54 Å². The molecule has 0 atom stereocenters. The van der Waals surface area contributed by atoms with Crippen LogP contribution in [0, 0.1) is 5.92 Å². The lowest BCUT2D eigenvalue weighted by Gasteiger charge is -2.21. The molecule has 2 N–H and O–H groups in total. The quantitative estimate of drug-likeness (QED) is 0.820. The average molecular weight is 207 g/mol. The van der Waals surface area contributed by atoms with E-state index in [1.54, 1.807) is 0 Å². The molecule has 84 valence electrons. The number of imidazole rings is 1. The van der Waals surface area contributed by atoms with Gasteiger partial charge < -0.3 is 10.3 Å². The summed E-state index contributed by atoms with van der Waals surface area (Å²) < 4.78 is 2.24. The zero-order chi connectivity index (χ0) is 10.5. The van der Waals surface area contributed by atoms with Crippen molar-refractivity contribution in [2.24, 2.45) is 11.7 Å². The highest BCUT2D eigenvalue weighted by Crippen LogP contribution is 2.24. The van der Waals surface area contributed by atoms with Crippen molar-refractivity contribution in [1.29, 1.82) is 0 Å². The summed E-state index contributed by atoms with van der Waals surface area (Å²) in [6.45, 7) is 1.85. The molecule has 3 nitrogen and oxygen atoms in total. The molecule has 1 saturated carbocycles. The number of rotatable bonds is 4. The standard InChI is InChI=1S/C12H21N3/c13-7-6-12-9-15(10-14-12)8-11-4-2-1-3-5-11/h9-11H,1-8,13H2. The van der Waals surface area contributed by atoms with Gasteiger partial charge in [0.15, 0.2) is 0 Å². The summed E-state index contributed by atoms with van der Waals surface area (Å²) in [5.74, 6) is 0.874. The molecule has 1 aliphatic carbocycles. The third-order valence-corrected chi connectivity index (χ3v) is 3.28. The van der Waals surface area contributed by atoms with Crippen molar-refractivity contribution >= 4 is 0 Å². The fraction of sp³-hybridized carbons (Fsp3) is 0.750. The number of hydrogen-bond donors (Lipinski definition) is 1. The highest BCUT2D eigenvalue weighted by molar-refractivity contribution is 4.97. The maximum atomic E-state index is 5.50. The molecule has 1 aromatic rings. The number of hydrogen-bond acceptors (Lipinski definition) is 2. The third kappa shape index (κ3) is 3.06. The van der Waals surface area contributed by atoms with E-state index in [-0.39, 0.29) is 0 Å². The van der Waals surface area contributed by atoms with Gasteiger partial charge in [0.05, 0.1) is 12.0 Å². The molecule has 0 aliphatic heterocycles. The third-order valence-electron chi connectivity index (χ3n) is 3.28. The van der Waals surface area contributed by atoms with Gasteiger partial charge in [0.2, 0.25) is 0 Å². The van der Waals surface area contributed by atoms with Crippen LogP contribution in [-0.4, -0.2) is 16.1 Å². The van der Waals surface area contributed by atoms with Crippen LogP contribution in [0.5, 0.6) is 0 Å². The fourth-order valence-corrected chi connectivity index (χ4v) is 2.45. The number of nitrogens with two attached hydrogens (primary N) is 1. The van der Waals surface area contributed by atoms with Crippen LogP contribution in [-0.2, 0) is 13.0 Å². The van der Waals surface area contributed by atoms with Crippen LogP contribution in [0.2, 0.25) is 0 Å². The summed E-state index contributed by atoms with van der Waals surface area (Å²) in [4.78, 5) is 4.35. The zero-order valence-corrected chi connectivity index (χ0v) is 9.36. The first kappa shape index (κ1) is 10.7. The predicted octanol–water partition coefficient (Wildman–Crippen LogP) is 1.96. The van der Waals surface area contributed by atoms with E-state index in [4.69, 9.17) is 5.73 Å². The molecular formula is C12H21N3. The van der Waals surface area contributed by atoms with Gasteiger partial charge in [0.25, 0.3) is 0 Å². The van der Waals surface area contributed by atoms with Crippen LogP contribution in [0.3, 0.4) is 0 Å². The summed E-state index contributed by atoms with van der Waals surface area (Å²) >= 11 is 0. The van der Waals surface area contributed by atoms with Gasteiger partial charge in [-0.15, -0.1) is 0 Å². The Balaban J connectivity index is 1.86. The van der Waals surface area contributed by atoms with Gasteiger partial charge in [-0.3, -0.25) is 0 Å². The van der Waals surface area contributed by atoms with Crippen molar-refractivity contribution in [3.05, 3.63) is 18.2 Å². The molecule has 0 radical (unpaired) electrons. The monoisotopic (exact) mass is 207 g/mol. The molecule has 0 bridgehead atoms. The molecule has 3 heteroatoms. The van der Waals surface area contributed by atoms with E-state index in [2.05, 4.69) is 15.7 Å². The number of aromatic nitrogens is 2. The Kier molecular flexibility index (Phi) is 3.78. The van der Waals surface area contributed by atoms with Crippen LogP contribution in [0.25, 0.3) is 0 Å². The topological polar surface area (TPSA) is 43.8 Å². The predicted molar refractivity (Wildman–Crippen MR) is 61.6 cm³/mol. The number of nitrogens with zero attached hydrogens (tertiary/aromatic N) is 2. The van der Waals surface area contributed by atoms with E-state index in [0.717, 1.165) is 24.6 Å². The van der Waals surface area contributed by atoms with Crippen LogP contribution in [0.15, 0.2) is 12.5 Å². The minimum Gasteiger partial charge on any atom is -0.337 e. The summed E-state index contributed by atoms with van der Waals surface area (Å²) in [6.07, 6.45) is 12.1. The van der Waals surface area contributed by atoms with Gasteiger partial charge in [0.1, 0.15) is 0 Å².